The van der Waals surface area contributed by atoms with Crippen molar-refractivity contribution in [3.05, 3.63) is 24.0 Å². The van der Waals surface area contributed by atoms with E-state index in [1.165, 1.54) is 12.1 Å². The molecule has 0 aliphatic heterocycles. The van der Waals surface area contributed by atoms with Crippen molar-refractivity contribution in [1.29, 1.82) is 0 Å². The molecule has 0 atom stereocenters. The first-order chi connectivity index (χ1) is 9.43. The van der Waals surface area contributed by atoms with Gasteiger partial charge in [0.1, 0.15) is 5.69 Å². The maximum atomic E-state index is 12.3. The molecule has 1 heterocycles. The number of urea groups is 1. The van der Waals surface area contributed by atoms with Gasteiger partial charge in [0.2, 0.25) is 0 Å². The number of halogens is 2. The summed E-state index contributed by atoms with van der Waals surface area (Å²) in [6.45, 7) is -1.50. The first-order valence-corrected chi connectivity index (χ1v) is 5.58. The lowest BCUT2D eigenvalue weighted by molar-refractivity contribution is 0.0690. The van der Waals surface area contributed by atoms with Crippen LogP contribution in [0.2, 0.25) is 0 Å². The maximum Gasteiger partial charge on any atom is 0.354 e. The second-order valence-electron chi connectivity index (χ2n) is 3.73. The molecule has 7 nitrogen and oxygen atoms in total. The molecule has 0 saturated carbocycles. The second kappa shape index (κ2) is 7.34. The molecule has 2 amide bonds. The van der Waals surface area contributed by atoms with Gasteiger partial charge < -0.3 is 20.4 Å². The zero-order chi connectivity index (χ0) is 15.1. The molecule has 0 unspecified atom stereocenters. The molecule has 110 valence electrons. The van der Waals surface area contributed by atoms with Gasteiger partial charge >= 0.3 is 12.0 Å². The Morgan fingerprint density at radius 1 is 1.40 bits per heavy atom. The van der Waals surface area contributed by atoms with Crippen LogP contribution in [0.4, 0.5) is 19.3 Å². The fourth-order valence-electron chi connectivity index (χ4n) is 1.36. The number of pyridine rings is 1. The van der Waals surface area contributed by atoms with Crippen molar-refractivity contribution in [2.45, 2.75) is 6.43 Å². The summed E-state index contributed by atoms with van der Waals surface area (Å²) in [4.78, 5) is 26.6. The zero-order valence-corrected chi connectivity index (χ0v) is 10.3. The van der Waals surface area contributed by atoms with E-state index in [9.17, 15) is 18.4 Å². The summed E-state index contributed by atoms with van der Waals surface area (Å²) in [7, 11) is 0. The van der Waals surface area contributed by atoms with E-state index in [-0.39, 0.29) is 17.9 Å². The predicted molar refractivity (Wildman–Crippen MR) is 64.9 cm³/mol. The molecule has 1 rings (SSSR count). The van der Waals surface area contributed by atoms with Gasteiger partial charge in [-0.25, -0.2) is 23.4 Å². The van der Waals surface area contributed by atoms with Crippen LogP contribution in [0.1, 0.15) is 10.5 Å². The van der Waals surface area contributed by atoms with Gasteiger partial charge in [-0.2, -0.15) is 0 Å². The molecule has 9 heteroatoms. The lowest BCUT2D eigenvalue weighted by Gasteiger charge is -2.21. The smallest absolute Gasteiger partial charge is 0.354 e. The Morgan fingerprint density at radius 3 is 2.55 bits per heavy atom. The highest BCUT2D eigenvalue weighted by Crippen LogP contribution is 2.08. The van der Waals surface area contributed by atoms with Crippen LogP contribution in [-0.2, 0) is 0 Å². The number of nitrogens with zero attached hydrogens (tertiary/aromatic N) is 2. The molecule has 0 aliphatic carbocycles. The van der Waals surface area contributed by atoms with Crippen LogP contribution in [0.25, 0.3) is 0 Å². The van der Waals surface area contributed by atoms with Crippen molar-refractivity contribution >= 4 is 17.7 Å². The van der Waals surface area contributed by atoms with Gasteiger partial charge in [0.15, 0.2) is 0 Å². The average molecular weight is 289 g/mol. The lowest BCUT2D eigenvalue weighted by atomic mass is 10.3. The predicted octanol–water partition coefficient (Wildman–Crippen LogP) is 0.871. The maximum absolute atomic E-state index is 12.3. The molecule has 0 saturated heterocycles. The quantitative estimate of drug-likeness (QED) is 0.721. The fourth-order valence-corrected chi connectivity index (χ4v) is 1.36. The third kappa shape index (κ3) is 4.76. The molecule has 0 aliphatic rings. The number of alkyl halides is 2. The largest absolute Gasteiger partial charge is 0.477 e. The molecule has 0 fully saturated rings. The number of rotatable bonds is 6. The van der Waals surface area contributed by atoms with Crippen LogP contribution in [-0.4, -0.2) is 58.2 Å². The van der Waals surface area contributed by atoms with Gasteiger partial charge in [-0.3, -0.25) is 0 Å². The molecule has 1 aromatic heterocycles. The number of carboxylic acid groups (broad SMARTS) is 1. The Labute approximate surface area is 112 Å². The summed E-state index contributed by atoms with van der Waals surface area (Å²) in [5.74, 6) is -1.22. The van der Waals surface area contributed by atoms with E-state index in [1.54, 1.807) is 0 Å². The van der Waals surface area contributed by atoms with Crippen molar-refractivity contribution in [3.8, 4) is 0 Å². The number of aliphatic hydroxyl groups is 1. The Bertz CT molecular complexity index is 467. The van der Waals surface area contributed by atoms with Crippen LogP contribution in [0.15, 0.2) is 18.3 Å². The van der Waals surface area contributed by atoms with Crippen LogP contribution < -0.4 is 5.32 Å². The molecule has 3 N–H and O–H groups in total. The number of carboxylic acids is 1. The van der Waals surface area contributed by atoms with E-state index in [1.807, 2.05) is 0 Å². The van der Waals surface area contributed by atoms with Crippen LogP contribution >= 0.6 is 0 Å². The standard InChI is InChI=1S/C11H13F2N3O4/c12-9(13)6-16(3-4-17)11(20)15-7-1-2-8(10(18)19)14-5-7/h1-2,5,9,17H,3-4,6H2,(H,15,20)(H,18,19). The fraction of sp³-hybridized carbons (Fsp3) is 0.364. The van der Waals surface area contributed by atoms with E-state index in [4.69, 9.17) is 10.2 Å². The third-order valence-corrected chi connectivity index (χ3v) is 2.25. The summed E-state index contributed by atoms with van der Waals surface area (Å²) >= 11 is 0. The molecule has 0 aromatic carbocycles. The number of anilines is 1. The Balaban J connectivity index is 2.69. The van der Waals surface area contributed by atoms with E-state index >= 15 is 0 Å². The van der Waals surface area contributed by atoms with Crippen molar-refractivity contribution in [1.82, 2.24) is 9.88 Å². The van der Waals surface area contributed by atoms with E-state index in [0.29, 0.717) is 0 Å². The summed E-state index contributed by atoms with van der Waals surface area (Å²) < 4.78 is 24.5. The minimum atomic E-state index is -2.72. The number of nitrogens with one attached hydrogen (secondary N) is 1. The normalized spacial score (nSPS) is 10.4. The zero-order valence-electron chi connectivity index (χ0n) is 10.3. The lowest BCUT2D eigenvalue weighted by Crippen LogP contribution is -2.40. The molecule has 0 spiro atoms. The number of amides is 2. The number of aromatic nitrogens is 1. The van der Waals surface area contributed by atoms with Crippen LogP contribution in [0.5, 0.6) is 0 Å². The third-order valence-electron chi connectivity index (χ3n) is 2.25. The van der Waals surface area contributed by atoms with E-state index in [2.05, 4.69) is 10.3 Å². The van der Waals surface area contributed by atoms with Gasteiger partial charge in [-0.15, -0.1) is 0 Å². The van der Waals surface area contributed by atoms with Crippen molar-refractivity contribution in [3.63, 3.8) is 0 Å². The number of aromatic carboxylic acids is 1. The Hall–Kier alpha value is -2.29. The van der Waals surface area contributed by atoms with E-state index in [0.717, 1.165) is 11.1 Å². The van der Waals surface area contributed by atoms with Gasteiger partial charge in [0, 0.05) is 6.54 Å². The molecular weight excluding hydrogens is 276 g/mol. The average Bonchev–Trinajstić information content (AvgIpc) is 2.38. The first-order valence-electron chi connectivity index (χ1n) is 5.58. The molecule has 0 radical (unpaired) electrons. The number of hydrogen-bond donors (Lipinski definition) is 3. The van der Waals surface area contributed by atoms with Crippen LogP contribution in [0, 0.1) is 0 Å². The monoisotopic (exact) mass is 289 g/mol. The minimum Gasteiger partial charge on any atom is -0.477 e. The molecule has 0 bridgehead atoms. The topological polar surface area (TPSA) is 103 Å². The van der Waals surface area contributed by atoms with Gasteiger partial charge in [-0.05, 0) is 12.1 Å². The molecule has 1 aromatic rings. The van der Waals surface area contributed by atoms with Gasteiger partial charge in [0.05, 0.1) is 25.0 Å². The van der Waals surface area contributed by atoms with Crippen LogP contribution in [0.3, 0.4) is 0 Å². The number of aliphatic hydroxyl groups excluding tert-OH is 1. The summed E-state index contributed by atoms with van der Waals surface area (Å²) in [5, 5.41) is 19.6. The molecule has 20 heavy (non-hydrogen) atoms. The second-order valence-corrected chi connectivity index (χ2v) is 3.73. The van der Waals surface area contributed by atoms with E-state index < -0.39 is 31.6 Å². The summed E-state index contributed by atoms with van der Waals surface area (Å²) in [6.07, 6.45) is -1.62. The van der Waals surface area contributed by atoms with Gasteiger partial charge in [0.25, 0.3) is 6.43 Å². The van der Waals surface area contributed by atoms with Crippen molar-refractivity contribution in [2.24, 2.45) is 0 Å². The summed E-state index contributed by atoms with van der Waals surface area (Å²) in [6, 6.07) is 1.62. The van der Waals surface area contributed by atoms with Gasteiger partial charge in [-0.1, -0.05) is 0 Å². The van der Waals surface area contributed by atoms with Crippen molar-refractivity contribution < 1.29 is 28.6 Å². The first kappa shape index (κ1) is 15.8. The highest BCUT2D eigenvalue weighted by molar-refractivity contribution is 5.90. The Morgan fingerprint density at radius 2 is 2.10 bits per heavy atom. The number of carbonyl (C=O) groups is 2. The highest BCUT2D eigenvalue weighted by atomic mass is 19.3. The number of hydrogen-bond acceptors (Lipinski definition) is 4. The highest BCUT2D eigenvalue weighted by Gasteiger charge is 2.18. The summed E-state index contributed by atoms with van der Waals surface area (Å²) in [5.41, 5.74) is -0.0417. The SMILES string of the molecule is O=C(O)c1ccc(NC(=O)N(CCO)CC(F)F)cn1. The Kier molecular flexibility index (Phi) is 5.78. The molecular formula is C11H13F2N3O4. The minimum absolute atomic E-state index is 0.164. The number of carbonyl (C=O) groups excluding carboxylic acids is 1. The van der Waals surface area contributed by atoms with Crippen molar-refractivity contribution in [2.75, 3.05) is 25.0 Å².